The lowest BCUT2D eigenvalue weighted by atomic mass is 9.76. The summed E-state index contributed by atoms with van der Waals surface area (Å²) >= 11 is 3.64. The number of nitrogens with zero attached hydrogens (tertiary/aromatic N) is 1. The van der Waals surface area contributed by atoms with Gasteiger partial charge < -0.3 is 10.1 Å². The van der Waals surface area contributed by atoms with E-state index in [0.29, 0.717) is 24.4 Å². The average molecular weight is 347 g/mol. The van der Waals surface area contributed by atoms with Gasteiger partial charge in [-0.25, -0.2) is 4.98 Å². The highest BCUT2D eigenvalue weighted by molar-refractivity contribution is 9.10. The van der Waals surface area contributed by atoms with E-state index in [1.54, 1.807) is 6.20 Å². The maximum Gasteiger partial charge on any atom is 0.237 e. The Morgan fingerprint density at radius 3 is 2.81 bits per heavy atom. The van der Waals surface area contributed by atoms with Gasteiger partial charge in [0.25, 0.3) is 0 Å². The summed E-state index contributed by atoms with van der Waals surface area (Å²) in [6.45, 7) is 2.61. The zero-order chi connectivity index (χ0) is 14.7. The van der Waals surface area contributed by atoms with Gasteiger partial charge in [0.1, 0.15) is 0 Å². The van der Waals surface area contributed by atoms with Crippen molar-refractivity contribution < 1.29 is 4.74 Å². The second kappa shape index (κ2) is 6.48. The van der Waals surface area contributed by atoms with Gasteiger partial charge in [-0.1, -0.05) is 34.1 Å². The molecule has 1 aromatic carbocycles. The third-order valence-corrected chi connectivity index (χ3v) is 4.62. The molecule has 1 heterocycles. The van der Waals surface area contributed by atoms with Gasteiger partial charge in [-0.3, -0.25) is 0 Å². The fourth-order valence-corrected chi connectivity index (χ4v) is 3.38. The Morgan fingerprint density at radius 2 is 2.05 bits per heavy atom. The predicted octanol–water partition coefficient (Wildman–Crippen LogP) is 4.60. The molecular weight excluding hydrogens is 328 g/mol. The molecule has 1 fully saturated rings. The maximum absolute atomic E-state index is 5.56. The van der Waals surface area contributed by atoms with Gasteiger partial charge in [0.05, 0.1) is 12.3 Å². The van der Waals surface area contributed by atoms with E-state index >= 15 is 0 Å². The van der Waals surface area contributed by atoms with Crippen LogP contribution in [0.5, 0.6) is 5.88 Å². The number of ether oxygens (including phenoxy) is 1. The normalized spacial score (nSPS) is 20.7. The lowest BCUT2D eigenvalue weighted by molar-refractivity contribution is 0.325. The van der Waals surface area contributed by atoms with Crippen LogP contribution in [0.4, 0.5) is 5.69 Å². The van der Waals surface area contributed by atoms with E-state index in [2.05, 4.69) is 50.5 Å². The third-order valence-electron chi connectivity index (χ3n) is 3.89. The van der Waals surface area contributed by atoms with Gasteiger partial charge in [-0.05, 0) is 49.4 Å². The fraction of sp³-hybridized carbons (Fsp3) is 0.353. The van der Waals surface area contributed by atoms with E-state index in [1.165, 1.54) is 10.0 Å². The number of anilines is 1. The molecule has 0 amide bonds. The van der Waals surface area contributed by atoms with Crippen molar-refractivity contribution in [3.8, 4) is 5.88 Å². The summed E-state index contributed by atoms with van der Waals surface area (Å²) in [6, 6.07) is 13.0. The van der Waals surface area contributed by atoms with Gasteiger partial charge in [0, 0.05) is 16.7 Å². The summed E-state index contributed by atoms with van der Waals surface area (Å²) in [5.74, 6) is 1.33. The molecule has 0 atom stereocenters. The minimum absolute atomic E-state index is 0.491. The minimum atomic E-state index is 0.491. The first-order chi connectivity index (χ1) is 10.3. The van der Waals surface area contributed by atoms with Crippen LogP contribution in [0, 0.1) is 0 Å². The van der Waals surface area contributed by atoms with Crippen LogP contribution < -0.4 is 10.1 Å². The topological polar surface area (TPSA) is 34.1 Å². The highest BCUT2D eigenvalue weighted by Gasteiger charge is 2.31. The number of aromatic nitrogens is 1. The number of hydrogen-bond donors (Lipinski definition) is 1. The Hall–Kier alpha value is -1.55. The smallest absolute Gasteiger partial charge is 0.237 e. The Kier molecular flexibility index (Phi) is 4.44. The van der Waals surface area contributed by atoms with Gasteiger partial charge in [-0.2, -0.15) is 0 Å². The molecule has 0 radical (unpaired) electrons. The monoisotopic (exact) mass is 346 g/mol. The molecule has 21 heavy (non-hydrogen) atoms. The van der Waals surface area contributed by atoms with Crippen molar-refractivity contribution >= 4 is 21.6 Å². The van der Waals surface area contributed by atoms with Crippen LogP contribution in [0.3, 0.4) is 0 Å². The Bertz CT molecular complexity index is 611. The largest absolute Gasteiger partial charge is 0.476 e. The second-order valence-electron chi connectivity index (χ2n) is 5.32. The Labute approximate surface area is 133 Å². The van der Waals surface area contributed by atoms with Crippen molar-refractivity contribution in [2.24, 2.45) is 0 Å². The number of benzene rings is 1. The predicted molar refractivity (Wildman–Crippen MR) is 88.9 cm³/mol. The molecule has 1 N–H and O–H groups in total. The summed E-state index contributed by atoms with van der Waals surface area (Å²) in [6.07, 6.45) is 4.05. The zero-order valence-corrected chi connectivity index (χ0v) is 13.6. The molecule has 0 saturated heterocycles. The van der Waals surface area contributed by atoms with Crippen LogP contribution in [0.25, 0.3) is 0 Å². The molecular formula is C17H19BrN2O. The molecule has 0 spiro atoms. The first-order valence-electron chi connectivity index (χ1n) is 7.36. The fourth-order valence-electron chi connectivity index (χ4n) is 2.77. The van der Waals surface area contributed by atoms with Crippen LogP contribution in [0.2, 0.25) is 0 Å². The van der Waals surface area contributed by atoms with Crippen molar-refractivity contribution in [3.63, 3.8) is 0 Å². The molecule has 1 saturated carbocycles. The first-order valence-corrected chi connectivity index (χ1v) is 8.16. The SMILES string of the molecule is CCOc1ncccc1NC1CC(c2ccccc2Br)C1. The number of halogens is 1. The van der Waals surface area contributed by atoms with Crippen molar-refractivity contribution in [2.45, 2.75) is 31.7 Å². The molecule has 0 aliphatic heterocycles. The lowest BCUT2D eigenvalue weighted by Crippen LogP contribution is -2.34. The van der Waals surface area contributed by atoms with Crippen molar-refractivity contribution in [3.05, 3.63) is 52.6 Å². The van der Waals surface area contributed by atoms with E-state index in [1.807, 2.05) is 19.1 Å². The molecule has 2 aromatic rings. The number of hydrogen-bond acceptors (Lipinski definition) is 3. The number of nitrogens with one attached hydrogen (secondary N) is 1. The highest BCUT2D eigenvalue weighted by Crippen LogP contribution is 2.41. The van der Waals surface area contributed by atoms with E-state index in [9.17, 15) is 0 Å². The lowest BCUT2D eigenvalue weighted by Gasteiger charge is -2.37. The van der Waals surface area contributed by atoms with Crippen LogP contribution in [-0.2, 0) is 0 Å². The van der Waals surface area contributed by atoms with E-state index in [-0.39, 0.29) is 0 Å². The molecule has 1 aliphatic rings. The molecule has 4 heteroatoms. The maximum atomic E-state index is 5.56. The zero-order valence-electron chi connectivity index (χ0n) is 12.1. The second-order valence-corrected chi connectivity index (χ2v) is 6.17. The van der Waals surface area contributed by atoms with Gasteiger partial charge in [0.2, 0.25) is 5.88 Å². The van der Waals surface area contributed by atoms with Gasteiger partial charge in [0.15, 0.2) is 0 Å². The summed E-state index contributed by atoms with van der Waals surface area (Å²) in [4.78, 5) is 4.28. The highest BCUT2D eigenvalue weighted by atomic mass is 79.9. The van der Waals surface area contributed by atoms with Crippen molar-refractivity contribution in [1.29, 1.82) is 0 Å². The van der Waals surface area contributed by atoms with Crippen LogP contribution in [0.1, 0.15) is 31.2 Å². The van der Waals surface area contributed by atoms with Crippen molar-refractivity contribution in [2.75, 3.05) is 11.9 Å². The summed E-state index contributed by atoms with van der Waals surface area (Å²) < 4.78 is 6.77. The average Bonchev–Trinajstić information content (AvgIpc) is 2.45. The molecule has 1 aliphatic carbocycles. The molecule has 1 aromatic heterocycles. The van der Waals surface area contributed by atoms with Gasteiger partial charge in [-0.15, -0.1) is 0 Å². The van der Waals surface area contributed by atoms with E-state index < -0.39 is 0 Å². The molecule has 3 nitrogen and oxygen atoms in total. The van der Waals surface area contributed by atoms with Crippen LogP contribution in [0.15, 0.2) is 47.1 Å². The van der Waals surface area contributed by atoms with E-state index in [4.69, 9.17) is 4.74 Å². The Morgan fingerprint density at radius 1 is 1.24 bits per heavy atom. The summed E-state index contributed by atoms with van der Waals surface area (Å²) in [5, 5.41) is 3.55. The molecule has 0 unspecified atom stereocenters. The number of pyridine rings is 1. The van der Waals surface area contributed by atoms with Crippen molar-refractivity contribution in [1.82, 2.24) is 4.98 Å². The minimum Gasteiger partial charge on any atom is -0.476 e. The standard InChI is InChI=1S/C17H19BrN2O/c1-2-21-17-16(8-5-9-19-17)20-13-10-12(11-13)14-6-3-4-7-15(14)18/h3-9,12-13,20H,2,10-11H2,1H3. The van der Waals surface area contributed by atoms with Crippen LogP contribution in [-0.4, -0.2) is 17.6 Å². The van der Waals surface area contributed by atoms with Gasteiger partial charge >= 0.3 is 0 Å². The quantitative estimate of drug-likeness (QED) is 0.858. The first kappa shape index (κ1) is 14.4. The third kappa shape index (κ3) is 3.21. The molecule has 0 bridgehead atoms. The summed E-state index contributed by atoms with van der Waals surface area (Å²) in [5.41, 5.74) is 2.40. The molecule has 110 valence electrons. The van der Waals surface area contributed by atoms with Crippen LogP contribution >= 0.6 is 15.9 Å². The number of rotatable bonds is 5. The van der Waals surface area contributed by atoms with E-state index in [0.717, 1.165) is 18.5 Å². The molecule has 3 rings (SSSR count). The Balaban J connectivity index is 1.62. The summed E-state index contributed by atoms with van der Waals surface area (Å²) in [7, 11) is 0.